The standard InChI is InChI=1S/C27H31N5O/c1-20-18-24(21(2)31(20)17-11-22-8-4-3-5-9-22)25(33)19-30-15-12-23(13-16-30)27-29-28-26-10-6-7-14-32(26)27/h3-10,14,18,23H,11-13,15-17,19H2,1-2H3. The Hall–Kier alpha value is -3.25. The lowest BCUT2D eigenvalue weighted by Crippen LogP contribution is -2.37. The van der Waals surface area contributed by atoms with Crippen LogP contribution in [0.2, 0.25) is 0 Å². The van der Waals surface area contributed by atoms with Crippen molar-refractivity contribution in [2.75, 3.05) is 19.6 Å². The fourth-order valence-electron chi connectivity index (χ4n) is 5.09. The minimum Gasteiger partial charge on any atom is -0.348 e. The SMILES string of the molecule is Cc1cc(C(=O)CN2CCC(c3nnc4ccccn34)CC2)c(C)n1CCc1ccccc1. The molecule has 0 amide bonds. The average Bonchev–Trinajstić information content (AvgIpc) is 3.39. The summed E-state index contributed by atoms with van der Waals surface area (Å²) < 4.78 is 4.37. The lowest BCUT2D eigenvalue weighted by molar-refractivity contribution is 0.0907. The quantitative estimate of drug-likeness (QED) is 0.398. The molecule has 0 atom stereocenters. The van der Waals surface area contributed by atoms with Gasteiger partial charge in [0.15, 0.2) is 11.4 Å². The number of piperidine rings is 1. The average molecular weight is 442 g/mol. The minimum atomic E-state index is 0.223. The molecule has 0 spiro atoms. The molecule has 5 rings (SSSR count). The first-order chi connectivity index (χ1) is 16.1. The van der Waals surface area contributed by atoms with E-state index in [2.05, 4.69) is 68.2 Å². The van der Waals surface area contributed by atoms with Crippen molar-refractivity contribution < 1.29 is 4.79 Å². The van der Waals surface area contributed by atoms with Crippen LogP contribution in [0.5, 0.6) is 0 Å². The Bertz CT molecular complexity index is 1250. The number of hydrogen-bond acceptors (Lipinski definition) is 4. The van der Waals surface area contributed by atoms with Crippen LogP contribution in [0.1, 0.15) is 51.9 Å². The van der Waals surface area contributed by atoms with Gasteiger partial charge in [-0.3, -0.25) is 14.1 Å². The molecule has 170 valence electrons. The van der Waals surface area contributed by atoms with Gasteiger partial charge in [0.05, 0.1) is 6.54 Å². The van der Waals surface area contributed by atoms with E-state index >= 15 is 0 Å². The van der Waals surface area contributed by atoms with E-state index in [9.17, 15) is 4.79 Å². The number of pyridine rings is 1. The van der Waals surface area contributed by atoms with Gasteiger partial charge in [0.2, 0.25) is 0 Å². The Morgan fingerprint density at radius 2 is 1.76 bits per heavy atom. The Morgan fingerprint density at radius 1 is 1.00 bits per heavy atom. The third-order valence-electron chi connectivity index (χ3n) is 7.00. The fraction of sp³-hybridized carbons (Fsp3) is 0.370. The van der Waals surface area contributed by atoms with Crippen LogP contribution >= 0.6 is 0 Å². The first kappa shape index (κ1) is 21.6. The molecule has 0 aliphatic carbocycles. The largest absolute Gasteiger partial charge is 0.348 e. The van der Waals surface area contributed by atoms with Crippen LogP contribution in [0.4, 0.5) is 0 Å². The van der Waals surface area contributed by atoms with Crippen molar-refractivity contribution in [2.45, 2.75) is 45.6 Å². The number of aryl methyl sites for hydroxylation is 2. The van der Waals surface area contributed by atoms with Gasteiger partial charge in [-0.25, -0.2) is 0 Å². The zero-order valence-corrected chi connectivity index (χ0v) is 19.4. The van der Waals surface area contributed by atoms with E-state index in [0.29, 0.717) is 12.5 Å². The molecule has 1 saturated heterocycles. The van der Waals surface area contributed by atoms with E-state index in [0.717, 1.165) is 67.3 Å². The van der Waals surface area contributed by atoms with E-state index in [-0.39, 0.29) is 5.78 Å². The van der Waals surface area contributed by atoms with Crippen LogP contribution in [-0.4, -0.2) is 49.5 Å². The normalized spacial score (nSPS) is 15.3. The predicted octanol–water partition coefficient (Wildman–Crippen LogP) is 4.45. The lowest BCUT2D eigenvalue weighted by Gasteiger charge is -2.30. The maximum atomic E-state index is 13.2. The molecule has 33 heavy (non-hydrogen) atoms. The lowest BCUT2D eigenvalue weighted by atomic mass is 9.95. The van der Waals surface area contributed by atoms with Gasteiger partial charge in [-0.15, -0.1) is 10.2 Å². The van der Waals surface area contributed by atoms with E-state index in [4.69, 9.17) is 0 Å². The van der Waals surface area contributed by atoms with E-state index < -0.39 is 0 Å². The first-order valence-corrected chi connectivity index (χ1v) is 11.9. The number of hydrogen-bond donors (Lipinski definition) is 0. The number of rotatable bonds is 7. The van der Waals surface area contributed by atoms with Crippen LogP contribution in [0, 0.1) is 13.8 Å². The van der Waals surface area contributed by atoms with E-state index in [1.165, 1.54) is 5.56 Å². The van der Waals surface area contributed by atoms with E-state index in [1.807, 2.05) is 30.5 Å². The maximum absolute atomic E-state index is 13.2. The number of carbonyl (C=O) groups is 1. The highest BCUT2D eigenvalue weighted by atomic mass is 16.1. The van der Waals surface area contributed by atoms with Gasteiger partial charge < -0.3 is 4.57 Å². The zero-order valence-electron chi connectivity index (χ0n) is 19.4. The van der Waals surface area contributed by atoms with Crippen molar-refractivity contribution in [1.29, 1.82) is 0 Å². The van der Waals surface area contributed by atoms with Crippen LogP contribution < -0.4 is 0 Å². The highest BCUT2D eigenvalue weighted by molar-refractivity contribution is 5.99. The third kappa shape index (κ3) is 4.48. The summed E-state index contributed by atoms with van der Waals surface area (Å²) >= 11 is 0. The summed E-state index contributed by atoms with van der Waals surface area (Å²) in [5.41, 5.74) is 5.32. The molecule has 1 aliphatic rings. The smallest absolute Gasteiger partial charge is 0.178 e. The maximum Gasteiger partial charge on any atom is 0.178 e. The number of carbonyl (C=O) groups excluding carboxylic acids is 1. The Balaban J connectivity index is 1.20. The topological polar surface area (TPSA) is 55.4 Å². The first-order valence-electron chi connectivity index (χ1n) is 11.9. The second-order valence-electron chi connectivity index (χ2n) is 9.13. The number of nitrogens with zero attached hydrogens (tertiary/aromatic N) is 5. The number of ketones is 1. The van der Waals surface area contributed by atoms with Crippen molar-refractivity contribution in [1.82, 2.24) is 24.1 Å². The number of aromatic nitrogens is 4. The van der Waals surface area contributed by atoms with Crippen molar-refractivity contribution in [3.63, 3.8) is 0 Å². The molecule has 4 heterocycles. The Labute approximate surface area is 194 Å². The second kappa shape index (κ2) is 9.32. The zero-order chi connectivity index (χ0) is 22.8. The van der Waals surface area contributed by atoms with Crippen LogP contribution in [0.25, 0.3) is 5.65 Å². The molecule has 0 N–H and O–H groups in total. The summed E-state index contributed by atoms with van der Waals surface area (Å²) in [6.45, 7) is 7.37. The van der Waals surface area contributed by atoms with Crippen LogP contribution in [0.3, 0.4) is 0 Å². The number of benzene rings is 1. The number of fused-ring (bicyclic) bond motifs is 1. The molecule has 1 aliphatic heterocycles. The summed E-state index contributed by atoms with van der Waals surface area (Å²) in [7, 11) is 0. The summed E-state index contributed by atoms with van der Waals surface area (Å²) in [6, 6.07) is 18.6. The number of Topliss-reactive ketones (excluding diaryl/α,β-unsaturated/α-hetero) is 1. The van der Waals surface area contributed by atoms with Crippen LogP contribution in [-0.2, 0) is 13.0 Å². The van der Waals surface area contributed by atoms with Crippen molar-refractivity contribution in [2.24, 2.45) is 0 Å². The minimum absolute atomic E-state index is 0.223. The highest BCUT2D eigenvalue weighted by Gasteiger charge is 2.26. The molecule has 0 unspecified atom stereocenters. The van der Waals surface area contributed by atoms with Gasteiger partial charge in [0.25, 0.3) is 0 Å². The third-order valence-corrected chi connectivity index (χ3v) is 7.00. The summed E-state index contributed by atoms with van der Waals surface area (Å²) in [4.78, 5) is 15.5. The monoisotopic (exact) mass is 441 g/mol. The number of likely N-dealkylation sites (tertiary alicyclic amines) is 1. The molecule has 1 fully saturated rings. The fourth-order valence-corrected chi connectivity index (χ4v) is 5.09. The molecule has 6 nitrogen and oxygen atoms in total. The van der Waals surface area contributed by atoms with Crippen LogP contribution in [0.15, 0.2) is 60.8 Å². The van der Waals surface area contributed by atoms with Gasteiger partial charge in [0, 0.05) is 35.6 Å². The summed E-state index contributed by atoms with van der Waals surface area (Å²) in [6.07, 6.45) is 5.00. The van der Waals surface area contributed by atoms with Crippen molar-refractivity contribution in [3.05, 3.63) is 89.1 Å². The highest BCUT2D eigenvalue weighted by Crippen LogP contribution is 2.27. The molecule has 3 aromatic heterocycles. The van der Waals surface area contributed by atoms with Gasteiger partial charge in [-0.05, 0) is 70.0 Å². The van der Waals surface area contributed by atoms with Gasteiger partial charge >= 0.3 is 0 Å². The summed E-state index contributed by atoms with van der Waals surface area (Å²) in [5, 5.41) is 8.74. The molecular weight excluding hydrogens is 410 g/mol. The van der Waals surface area contributed by atoms with Gasteiger partial charge in [-0.2, -0.15) is 0 Å². The predicted molar refractivity (Wildman–Crippen MR) is 130 cm³/mol. The van der Waals surface area contributed by atoms with Crippen molar-refractivity contribution in [3.8, 4) is 0 Å². The molecule has 4 aromatic rings. The van der Waals surface area contributed by atoms with Gasteiger partial charge in [-0.1, -0.05) is 36.4 Å². The molecule has 6 heteroatoms. The molecule has 1 aromatic carbocycles. The summed E-state index contributed by atoms with van der Waals surface area (Å²) in [5.74, 6) is 1.65. The van der Waals surface area contributed by atoms with Crippen molar-refractivity contribution >= 4 is 11.4 Å². The second-order valence-corrected chi connectivity index (χ2v) is 9.13. The molecule has 0 saturated carbocycles. The van der Waals surface area contributed by atoms with Gasteiger partial charge in [0.1, 0.15) is 5.82 Å². The van der Waals surface area contributed by atoms with E-state index in [1.54, 1.807) is 0 Å². The Morgan fingerprint density at radius 3 is 2.55 bits per heavy atom. The molecule has 0 radical (unpaired) electrons. The molecular formula is C27H31N5O. The Kier molecular flexibility index (Phi) is 6.09. The molecule has 0 bridgehead atoms.